The van der Waals surface area contributed by atoms with E-state index in [1.165, 1.54) is 0 Å². The quantitative estimate of drug-likeness (QED) is 0.504. The lowest BCUT2D eigenvalue weighted by atomic mass is 10.00. The minimum absolute atomic E-state index is 0.125. The molecule has 0 atom stereocenters. The van der Waals surface area contributed by atoms with Gasteiger partial charge in [0.05, 0.1) is 20.4 Å². The standard InChI is InChI=1S/C16H17N3O2S/c1-20-14-8-7-11(9-15(14)21-2)13-6-4-3-5-12(13)10-18-19-16(17)22/h3-10H,1-2H3,(H3,17,19,22). The van der Waals surface area contributed by atoms with Gasteiger partial charge >= 0.3 is 0 Å². The molecule has 5 nitrogen and oxygen atoms in total. The lowest BCUT2D eigenvalue weighted by Crippen LogP contribution is -2.24. The van der Waals surface area contributed by atoms with Gasteiger partial charge in [-0.05, 0) is 35.5 Å². The van der Waals surface area contributed by atoms with Gasteiger partial charge in [0.1, 0.15) is 0 Å². The fourth-order valence-electron chi connectivity index (χ4n) is 2.04. The molecule has 0 aromatic heterocycles. The topological polar surface area (TPSA) is 68.9 Å². The van der Waals surface area contributed by atoms with Crippen molar-refractivity contribution in [2.45, 2.75) is 0 Å². The molecule has 0 unspecified atom stereocenters. The van der Waals surface area contributed by atoms with Crippen LogP contribution in [0.25, 0.3) is 11.1 Å². The van der Waals surface area contributed by atoms with Crippen molar-refractivity contribution in [2.75, 3.05) is 14.2 Å². The van der Waals surface area contributed by atoms with E-state index in [4.69, 9.17) is 27.4 Å². The Labute approximate surface area is 134 Å². The molecule has 0 fully saturated rings. The molecule has 0 aliphatic rings. The first-order chi connectivity index (χ1) is 10.7. The van der Waals surface area contributed by atoms with Gasteiger partial charge in [-0.2, -0.15) is 5.10 Å². The molecule has 0 bridgehead atoms. The molecule has 0 aliphatic carbocycles. The summed E-state index contributed by atoms with van der Waals surface area (Å²) in [5.74, 6) is 1.36. The van der Waals surface area contributed by atoms with E-state index in [1.807, 2.05) is 42.5 Å². The molecule has 2 rings (SSSR count). The average molecular weight is 315 g/mol. The average Bonchev–Trinajstić information content (AvgIpc) is 2.54. The Kier molecular flexibility index (Phi) is 5.32. The first kappa shape index (κ1) is 15.8. The maximum atomic E-state index is 5.35. The smallest absolute Gasteiger partial charge is 0.184 e. The van der Waals surface area contributed by atoms with Crippen LogP contribution >= 0.6 is 12.2 Å². The number of nitrogens with one attached hydrogen (secondary N) is 1. The molecule has 0 heterocycles. The molecule has 0 saturated heterocycles. The first-order valence-electron chi connectivity index (χ1n) is 6.55. The summed E-state index contributed by atoms with van der Waals surface area (Å²) in [5, 5.41) is 4.13. The molecule has 22 heavy (non-hydrogen) atoms. The van der Waals surface area contributed by atoms with E-state index in [-0.39, 0.29) is 5.11 Å². The second kappa shape index (κ2) is 7.42. The molecule has 2 aromatic carbocycles. The third-order valence-electron chi connectivity index (χ3n) is 3.03. The van der Waals surface area contributed by atoms with Crippen LogP contribution in [0.4, 0.5) is 0 Å². The van der Waals surface area contributed by atoms with E-state index in [0.717, 1.165) is 16.7 Å². The summed E-state index contributed by atoms with van der Waals surface area (Å²) in [6.45, 7) is 0. The molecule has 114 valence electrons. The van der Waals surface area contributed by atoms with E-state index in [1.54, 1.807) is 20.4 Å². The van der Waals surface area contributed by atoms with Crippen LogP contribution in [0.2, 0.25) is 0 Å². The third kappa shape index (κ3) is 3.73. The van der Waals surface area contributed by atoms with Gasteiger partial charge in [0.25, 0.3) is 0 Å². The number of hydrazone groups is 1. The highest BCUT2D eigenvalue weighted by atomic mass is 32.1. The van der Waals surface area contributed by atoms with E-state index in [0.29, 0.717) is 11.5 Å². The minimum Gasteiger partial charge on any atom is -0.493 e. The molecule has 0 spiro atoms. The van der Waals surface area contributed by atoms with Gasteiger partial charge < -0.3 is 15.2 Å². The van der Waals surface area contributed by atoms with E-state index >= 15 is 0 Å². The Morgan fingerprint density at radius 1 is 1.14 bits per heavy atom. The number of nitrogens with zero attached hydrogens (tertiary/aromatic N) is 1. The number of hydrogen-bond acceptors (Lipinski definition) is 4. The highest BCUT2D eigenvalue weighted by Gasteiger charge is 2.08. The molecular formula is C16H17N3O2S. The van der Waals surface area contributed by atoms with Gasteiger partial charge in [0.15, 0.2) is 16.6 Å². The normalized spacial score (nSPS) is 10.5. The number of ether oxygens (including phenoxy) is 2. The number of methoxy groups -OCH3 is 2. The summed E-state index contributed by atoms with van der Waals surface area (Å²) >= 11 is 4.72. The van der Waals surface area contributed by atoms with Crippen LogP contribution < -0.4 is 20.6 Å². The summed E-state index contributed by atoms with van der Waals surface area (Å²) < 4.78 is 10.6. The van der Waals surface area contributed by atoms with Gasteiger partial charge in [-0.15, -0.1) is 0 Å². The molecule has 2 aromatic rings. The Balaban J connectivity index is 2.40. The van der Waals surface area contributed by atoms with Crippen LogP contribution in [-0.2, 0) is 0 Å². The Morgan fingerprint density at radius 3 is 2.55 bits per heavy atom. The summed E-state index contributed by atoms with van der Waals surface area (Å²) in [4.78, 5) is 0. The van der Waals surface area contributed by atoms with Crippen LogP contribution in [0.5, 0.6) is 11.5 Å². The maximum absolute atomic E-state index is 5.35. The fourth-order valence-corrected chi connectivity index (χ4v) is 2.09. The van der Waals surface area contributed by atoms with Gasteiger partial charge in [-0.25, -0.2) is 0 Å². The summed E-state index contributed by atoms with van der Waals surface area (Å²) in [6.07, 6.45) is 1.67. The number of thiocarbonyl (C=S) groups is 1. The van der Waals surface area contributed by atoms with Crippen LogP contribution in [0.15, 0.2) is 47.6 Å². The minimum atomic E-state index is 0.125. The third-order valence-corrected chi connectivity index (χ3v) is 3.13. The van der Waals surface area contributed by atoms with Gasteiger partial charge in [0.2, 0.25) is 0 Å². The second-order valence-electron chi connectivity index (χ2n) is 4.39. The fraction of sp³-hybridized carbons (Fsp3) is 0.125. The van der Waals surface area contributed by atoms with Crippen molar-refractivity contribution in [1.82, 2.24) is 5.43 Å². The highest BCUT2D eigenvalue weighted by Crippen LogP contribution is 2.33. The van der Waals surface area contributed by atoms with Gasteiger partial charge in [-0.3, -0.25) is 5.43 Å². The van der Waals surface area contributed by atoms with Crippen LogP contribution in [0, 0.1) is 0 Å². The number of nitrogens with two attached hydrogens (primary N) is 1. The lowest BCUT2D eigenvalue weighted by molar-refractivity contribution is 0.355. The van der Waals surface area contributed by atoms with Crippen LogP contribution in [-0.4, -0.2) is 25.5 Å². The highest BCUT2D eigenvalue weighted by molar-refractivity contribution is 7.80. The van der Waals surface area contributed by atoms with E-state index < -0.39 is 0 Å². The van der Waals surface area contributed by atoms with E-state index in [2.05, 4.69) is 10.5 Å². The van der Waals surface area contributed by atoms with Crippen LogP contribution in [0.3, 0.4) is 0 Å². The maximum Gasteiger partial charge on any atom is 0.184 e. The molecule has 0 saturated carbocycles. The zero-order valence-electron chi connectivity index (χ0n) is 12.4. The molecular weight excluding hydrogens is 298 g/mol. The predicted molar refractivity (Wildman–Crippen MR) is 92.5 cm³/mol. The molecule has 3 N–H and O–H groups in total. The zero-order valence-corrected chi connectivity index (χ0v) is 13.2. The number of benzene rings is 2. The van der Waals surface area contributed by atoms with Crippen molar-refractivity contribution in [2.24, 2.45) is 10.8 Å². The van der Waals surface area contributed by atoms with E-state index in [9.17, 15) is 0 Å². The molecule has 0 radical (unpaired) electrons. The summed E-state index contributed by atoms with van der Waals surface area (Å²) in [6, 6.07) is 13.6. The van der Waals surface area contributed by atoms with Crippen LogP contribution in [0.1, 0.15) is 5.56 Å². The van der Waals surface area contributed by atoms with Crippen molar-refractivity contribution in [3.05, 3.63) is 48.0 Å². The largest absolute Gasteiger partial charge is 0.493 e. The Bertz CT molecular complexity index is 702. The number of hydrogen-bond donors (Lipinski definition) is 2. The zero-order chi connectivity index (χ0) is 15.9. The first-order valence-corrected chi connectivity index (χ1v) is 6.96. The van der Waals surface area contributed by atoms with Crippen molar-refractivity contribution < 1.29 is 9.47 Å². The van der Waals surface area contributed by atoms with Crippen molar-refractivity contribution in [3.63, 3.8) is 0 Å². The van der Waals surface area contributed by atoms with Crippen molar-refractivity contribution in [1.29, 1.82) is 0 Å². The van der Waals surface area contributed by atoms with Crippen molar-refractivity contribution >= 4 is 23.5 Å². The molecule has 0 aliphatic heterocycles. The summed E-state index contributed by atoms with van der Waals surface area (Å²) in [7, 11) is 3.22. The summed E-state index contributed by atoms with van der Waals surface area (Å²) in [5.41, 5.74) is 10.8. The monoisotopic (exact) mass is 315 g/mol. The van der Waals surface area contributed by atoms with Gasteiger partial charge in [0, 0.05) is 5.56 Å². The second-order valence-corrected chi connectivity index (χ2v) is 4.83. The van der Waals surface area contributed by atoms with Crippen molar-refractivity contribution in [3.8, 4) is 22.6 Å². The van der Waals surface area contributed by atoms with Gasteiger partial charge in [-0.1, -0.05) is 30.3 Å². The SMILES string of the molecule is COc1ccc(-c2ccccc2C=NNC(N)=S)cc1OC. The molecule has 6 heteroatoms. The molecule has 0 amide bonds. The predicted octanol–water partition coefficient (Wildman–Crippen LogP) is 2.54. The number of rotatable bonds is 5. The Morgan fingerprint density at radius 2 is 1.86 bits per heavy atom. The lowest BCUT2D eigenvalue weighted by Gasteiger charge is -2.11. The Hall–Kier alpha value is -2.60.